The highest BCUT2D eigenvalue weighted by Gasteiger charge is 2.03. The molecule has 0 aliphatic heterocycles. The van der Waals surface area contributed by atoms with Gasteiger partial charge in [-0.2, -0.15) is 0 Å². The number of aromatic nitrogens is 1. The van der Waals surface area contributed by atoms with Crippen LogP contribution in [0, 0.1) is 0 Å². The Morgan fingerprint density at radius 1 is 1.69 bits per heavy atom. The molecule has 1 aromatic rings. The van der Waals surface area contributed by atoms with Crippen LogP contribution in [-0.2, 0) is 4.79 Å². The summed E-state index contributed by atoms with van der Waals surface area (Å²) in [5.74, 6) is -0.586. The van der Waals surface area contributed by atoms with Crippen molar-refractivity contribution in [2.24, 2.45) is 0 Å². The van der Waals surface area contributed by atoms with Gasteiger partial charge in [-0.3, -0.25) is 9.59 Å². The van der Waals surface area contributed by atoms with Crippen molar-refractivity contribution < 1.29 is 4.79 Å². The zero-order valence-electron chi connectivity index (χ0n) is 6.43. The molecule has 1 amide bonds. The molecule has 0 spiro atoms. The van der Waals surface area contributed by atoms with E-state index in [-0.39, 0.29) is 17.1 Å². The molecule has 0 saturated carbocycles. The Labute approximate surface area is 87.4 Å². The average molecular weight is 265 g/mol. The van der Waals surface area contributed by atoms with E-state index in [1.807, 2.05) is 0 Å². The van der Waals surface area contributed by atoms with Gasteiger partial charge in [0.05, 0.1) is 0 Å². The summed E-state index contributed by atoms with van der Waals surface area (Å²) in [7, 11) is 0. The van der Waals surface area contributed by atoms with E-state index in [9.17, 15) is 9.59 Å². The van der Waals surface area contributed by atoms with Gasteiger partial charge in [-0.15, -0.1) is 11.6 Å². The van der Waals surface area contributed by atoms with Crippen LogP contribution in [-0.4, -0.2) is 16.8 Å². The zero-order chi connectivity index (χ0) is 9.84. The van der Waals surface area contributed by atoms with E-state index >= 15 is 0 Å². The largest absolute Gasteiger partial charge is 0.326 e. The first-order chi connectivity index (χ1) is 6.13. The van der Waals surface area contributed by atoms with Gasteiger partial charge >= 0.3 is 0 Å². The summed E-state index contributed by atoms with van der Waals surface area (Å²) in [5, 5.41) is 2.36. The van der Waals surface area contributed by atoms with Gasteiger partial charge in [0.15, 0.2) is 0 Å². The summed E-state index contributed by atoms with van der Waals surface area (Å²) in [6, 6.07) is 1.50. The van der Waals surface area contributed by atoms with Gasteiger partial charge in [-0.1, -0.05) is 0 Å². The van der Waals surface area contributed by atoms with E-state index in [2.05, 4.69) is 26.2 Å². The molecule has 6 heteroatoms. The number of rotatable bonds is 2. The van der Waals surface area contributed by atoms with Gasteiger partial charge in [-0.25, -0.2) is 0 Å². The first-order valence-corrected chi connectivity index (χ1v) is 4.70. The SMILES string of the molecule is O=C(CCl)Nc1cc(Br)c[nH]c1=O. The zero-order valence-corrected chi connectivity index (χ0v) is 8.78. The number of carbonyl (C=O) groups is 1. The Kier molecular flexibility index (Phi) is 3.50. The van der Waals surface area contributed by atoms with Crippen LogP contribution in [0.2, 0.25) is 0 Å². The molecule has 0 bridgehead atoms. The fraction of sp³-hybridized carbons (Fsp3) is 0.143. The topological polar surface area (TPSA) is 62.0 Å². The molecule has 70 valence electrons. The number of pyridine rings is 1. The second-order valence-corrected chi connectivity index (χ2v) is 3.43. The molecule has 0 aliphatic rings. The minimum atomic E-state index is -0.412. The van der Waals surface area contributed by atoms with E-state index in [0.29, 0.717) is 4.47 Å². The lowest BCUT2D eigenvalue weighted by atomic mass is 10.4. The Morgan fingerprint density at radius 2 is 2.38 bits per heavy atom. The number of anilines is 1. The molecule has 0 radical (unpaired) electrons. The molecule has 0 atom stereocenters. The van der Waals surface area contributed by atoms with Gasteiger partial charge in [0.1, 0.15) is 11.6 Å². The van der Waals surface area contributed by atoms with Crippen LogP contribution >= 0.6 is 27.5 Å². The van der Waals surface area contributed by atoms with Crippen molar-refractivity contribution in [3.05, 3.63) is 27.1 Å². The van der Waals surface area contributed by atoms with E-state index < -0.39 is 5.91 Å². The van der Waals surface area contributed by atoms with Crippen molar-refractivity contribution in [2.45, 2.75) is 0 Å². The highest BCUT2D eigenvalue weighted by Crippen LogP contribution is 2.09. The predicted molar refractivity (Wildman–Crippen MR) is 54.1 cm³/mol. The number of nitrogens with one attached hydrogen (secondary N) is 2. The van der Waals surface area contributed by atoms with Crippen molar-refractivity contribution in [3.8, 4) is 0 Å². The number of halogens is 2. The normalized spacial score (nSPS) is 9.69. The second kappa shape index (κ2) is 4.43. The summed E-state index contributed by atoms with van der Waals surface area (Å²) in [6.45, 7) is 0. The lowest BCUT2D eigenvalue weighted by Gasteiger charge is -2.01. The molecule has 0 aliphatic carbocycles. The Morgan fingerprint density at radius 3 is 3.00 bits per heavy atom. The van der Waals surface area contributed by atoms with Crippen LogP contribution in [0.15, 0.2) is 21.5 Å². The molecule has 0 aromatic carbocycles. The number of aromatic amines is 1. The number of H-pyrrole nitrogens is 1. The first-order valence-electron chi connectivity index (χ1n) is 3.37. The third-order valence-electron chi connectivity index (χ3n) is 1.26. The average Bonchev–Trinajstić information content (AvgIpc) is 2.11. The monoisotopic (exact) mass is 264 g/mol. The molecule has 4 nitrogen and oxygen atoms in total. The highest BCUT2D eigenvalue weighted by atomic mass is 79.9. The van der Waals surface area contributed by atoms with E-state index in [4.69, 9.17) is 11.6 Å². The summed E-state index contributed by atoms with van der Waals surface area (Å²) in [5.41, 5.74) is -0.179. The number of amides is 1. The summed E-state index contributed by atoms with van der Waals surface area (Å²) < 4.78 is 0.678. The van der Waals surface area contributed by atoms with Crippen molar-refractivity contribution in [3.63, 3.8) is 0 Å². The molecular formula is C7H6BrClN2O2. The molecule has 2 N–H and O–H groups in total. The molecule has 1 rings (SSSR count). The van der Waals surface area contributed by atoms with Crippen molar-refractivity contribution in [2.75, 3.05) is 11.2 Å². The quantitative estimate of drug-likeness (QED) is 0.792. The number of carbonyl (C=O) groups excluding carboxylic acids is 1. The lowest BCUT2D eigenvalue weighted by molar-refractivity contribution is -0.113. The van der Waals surface area contributed by atoms with Crippen LogP contribution in [0.5, 0.6) is 0 Å². The predicted octanol–water partition coefficient (Wildman–Crippen LogP) is 1.31. The van der Waals surface area contributed by atoms with Crippen LogP contribution in [0.1, 0.15) is 0 Å². The second-order valence-electron chi connectivity index (χ2n) is 2.24. The van der Waals surface area contributed by atoms with Crippen molar-refractivity contribution in [1.29, 1.82) is 0 Å². The van der Waals surface area contributed by atoms with Crippen LogP contribution in [0.25, 0.3) is 0 Å². The standard InChI is InChI=1S/C7H6BrClN2O2/c8-4-1-5(7(13)10-3-4)11-6(12)2-9/h1,3H,2H2,(H,10,13)(H,11,12). The molecule has 0 unspecified atom stereocenters. The maximum atomic E-state index is 11.1. The maximum Gasteiger partial charge on any atom is 0.271 e. The molecule has 0 saturated heterocycles. The fourth-order valence-corrected chi connectivity index (χ4v) is 1.14. The Hall–Kier alpha value is -0.810. The van der Waals surface area contributed by atoms with Crippen LogP contribution < -0.4 is 10.9 Å². The molecule has 0 fully saturated rings. The van der Waals surface area contributed by atoms with Crippen molar-refractivity contribution >= 4 is 39.1 Å². The van der Waals surface area contributed by atoms with Crippen LogP contribution in [0.4, 0.5) is 5.69 Å². The summed E-state index contributed by atoms with van der Waals surface area (Å²) in [6.07, 6.45) is 1.48. The third kappa shape index (κ3) is 2.86. The maximum absolute atomic E-state index is 11.1. The summed E-state index contributed by atoms with van der Waals surface area (Å²) in [4.78, 5) is 24.4. The van der Waals surface area contributed by atoms with Crippen molar-refractivity contribution in [1.82, 2.24) is 4.98 Å². The van der Waals surface area contributed by atoms with Crippen LogP contribution in [0.3, 0.4) is 0 Å². The van der Waals surface area contributed by atoms with E-state index in [1.165, 1.54) is 12.3 Å². The molecule has 13 heavy (non-hydrogen) atoms. The molecular weight excluding hydrogens is 259 g/mol. The summed E-state index contributed by atoms with van der Waals surface area (Å²) >= 11 is 8.41. The number of hydrogen-bond donors (Lipinski definition) is 2. The van der Waals surface area contributed by atoms with Gasteiger partial charge < -0.3 is 10.3 Å². The van der Waals surface area contributed by atoms with Gasteiger partial charge in [0.2, 0.25) is 5.91 Å². The number of hydrogen-bond acceptors (Lipinski definition) is 2. The van der Waals surface area contributed by atoms with Gasteiger partial charge in [0.25, 0.3) is 5.56 Å². The smallest absolute Gasteiger partial charge is 0.271 e. The van der Waals surface area contributed by atoms with E-state index in [1.54, 1.807) is 0 Å². The third-order valence-corrected chi connectivity index (χ3v) is 1.96. The van der Waals surface area contributed by atoms with E-state index in [0.717, 1.165) is 0 Å². The van der Waals surface area contributed by atoms with Gasteiger partial charge in [0, 0.05) is 10.7 Å². The minimum Gasteiger partial charge on any atom is -0.326 e. The van der Waals surface area contributed by atoms with Gasteiger partial charge in [-0.05, 0) is 22.0 Å². The highest BCUT2D eigenvalue weighted by molar-refractivity contribution is 9.10. The molecule has 1 heterocycles. The molecule has 1 aromatic heterocycles. The lowest BCUT2D eigenvalue weighted by Crippen LogP contribution is -2.20. The Bertz CT molecular complexity index is 377. The minimum absolute atomic E-state index is 0.175. The first kappa shape index (κ1) is 10.3. The number of alkyl halides is 1. The Balaban J connectivity index is 2.94. The fourth-order valence-electron chi connectivity index (χ4n) is 0.734.